The second kappa shape index (κ2) is 6.91. The summed E-state index contributed by atoms with van der Waals surface area (Å²) in [7, 11) is 0. The molecule has 1 rings (SSSR count). The minimum Gasteiger partial charge on any atom is -0.410 e. The first-order valence-corrected chi connectivity index (χ1v) is 5.31. The lowest BCUT2D eigenvalue weighted by molar-refractivity contribution is 0.187. The summed E-state index contributed by atoms with van der Waals surface area (Å²) in [4.78, 5) is 11.0. The number of ether oxygens (including phenoxy) is 1. The molecule has 0 atom stereocenters. The highest BCUT2D eigenvalue weighted by atomic mass is 16.5. The van der Waals surface area contributed by atoms with Gasteiger partial charge in [-0.05, 0) is 31.3 Å². The molecule has 0 spiro atoms. The van der Waals surface area contributed by atoms with Gasteiger partial charge in [-0.1, -0.05) is 18.2 Å². The van der Waals surface area contributed by atoms with Crippen molar-refractivity contribution in [2.75, 3.05) is 6.54 Å². The number of hydrogen-bond donors (Lipinski definition) is 1. The maximum absolute atomic E-state index is 11.0. The van der Waals surface area contributed by atoms with E-state index in [2.05, 4.69) is 17.6 Å². The largest absolute Gasteiger partial charge is 0.412 e. The van der Waals surface area contributed by atoms with E-state index in [1.807, 2.05) is 0 Å². The van der Waals surface area contributed by atoms with E-state index in [9.17, 15) is 4.79 Å². The van der Waals surface area contributed by atoms with Gasteiger partial charge in [0.1, 0.15) is 6.26 Å². The van der Waals surface area contributed by atoms with Gasteiger partial charge in [0.15, 0.2) is 0 Å². The van der Waals surface area contributed by atoms with Gasteiger partial charge in [0.2, 0.25) is 0 Å². The van der Waals surface area contributed by atoms with E-state index >= 15 is 0 Å². The molecule has 0 radical (unpaired) electrons. The lowest BCUT2D eigenvalue weighted by atomic mass is 9.96. The number of carbonyl (C=O) groups excluding carboxylic acids is 1. The summed E-state index contributed by atoms with van der Waals surface area (Å²) < 4.78 is 4.79. The minimum atomic E-state index is -0.459. The van der Waals surface area contributed by atoms with E-state index < -0.39 is 6.09 Å². The quantitative estimate of drug-likeness (QED) is 0.439. The van der Waals surface area contributed by atoms with Gasteiger partial charge in [-0.25, -0.2) is 4.79 Å². The van der Waals surface area contributed by atoms with Gasteiger partial charge in [-0.3, -0.25) is 0 Å². The Kier molecular flexibility index (Phi) is 5.34. The zero-order chi connectivity index (χ0) is 10.9. The van der Waals surface area contributed by atoms with Crippen LogP contribution in [0.4, 0.5) is 4.79 Å². The van der Waals surface area contributed by atoms with E-state index in [-0.39, 0.29) is 0 Å². The second-order valence-corrected chi connectivity index (χ2v) is 3.50. The van der Waals surface area contributed by atoms with Crippen LogP contribution in [0.5, 0.6) is 0 Å². The van der Waals surface area contributed by atoms with Gasteiger partial charge in [0, 0.05) is 6.54 Å². The van der Waals surface area contributed by atoms with Crippen molar-refractivity contribution in [1.29, 1.82) is 0 Å². The zero-order valence-electron chi connectivity index (χ0n) is 8.92. The molecule has 1 N–H and O–H groups in total. The molecular formula is C12H17NO2. The van der Waals surface area contributed by atoms with Crippen molar-refractivity contribution in [3.05, 3.63) is 30.2 Å². The van der Waals surface area contributed by atoms with Gasteiger partial charge >= 0.3 is 6.09 Å². The fourth-order valence-electron chi connectivity index (χ4n) is 1.49. The predicted molar refractivity (Wildman–Crippen MR) is 59.4 cm³/mol. The zero-order valence-corrected chi connectivity index (χ0v) is 8.92. The first-order chi connectivity index (χ1) is 7.33. The smallest absolute Gasteiger partial charge is 0.410 e. The summed E-state index contributed by atoms with van der Waals surface area (Å²) in [5.74, 6) is 0. The van der Waals surface area contributed by atoms with Crippen molar-refractivity contribution in [2.45, 2.75) is 32.1 Å². The van der Waals surface area contributed by atoms with Crippen LogP contribution < -0.4 is 5.32 Å². The van der Waals surface area contributed by atoms with Gasteiger partial charge in [-0.15, -0.1) is 6.58 Å². The van der Waals surface area contributed by atoms with Crippen LogP contribution in [-0.4, -0.2) is 12.6 Å². The number of nitrogens with one attached hydrogen (secondary N) is 1. The Morgan fingerprint density at radius 2 is 2.20 bits per heavy atom. The first kappa shape index (κ1) is 11.6. The molecule has 3 heteroatoms. The molecule has 0 heterocycles. The average Bonchev–Trinajstić information content (AvgIpc) is 2.28. The van der Waals surface area contributed by atoms with E-state index in [4.69, 9.17) is 4.74 Å². The molecule has 1 aliphatic carbocycles. The molecule has 0 unspecified atom stereocenters. The number of hydrogen-bond acceptors (Lipinski definition) is 2. The van der Waals surface area contributed by atoms with Crippen molar-refractivity contribution in [3.63, 3.8) is 0 Å². The van der Waals surface area contributed by atoms with Crippen molar-refractivity contribution < 1.29 is 9.53 Å². The van der Waals surface area contributed by atoms with Crippen LogP contribution in [0.2, 0.25) is 0 Å². The highest BCUT2D eigenvalue weighted by Crippen LogP contribution is 2.21. The van der Waals surface area contributed by atoms with E-state index in [0.717, 1.165) is 12.8 Å². The number of carbonyl (C=O) groups is 1. The maximum atomic E-state index is 11.0. The van der Waals surface area contributed by atoms with Crippen LogP contribution in [0.3, 0.4) is 0 Å². The summed E-state index contributed by atoms with van der Waals surface area (Å²) in [5, 5.41) is 2.51. The molecular weight excluding hydrogens is 190 g/mol. The first-order valence-electron chi connectivity index (χ1n) is 5.31. The van der Waals surface area contributed by atoms with Crippen molar-refractivity contribution in [2.24, 2.45) is 0 Å². The molecule has 0 aromatic heterocycles. The summed E-state index contributed by atoms with van der Waals surface area (Å²) in [6.07, 6.45) is 8.38. The Morgan fingerprint density at radius 1 is 1.47 bits per heavy atom. The number of rotatable bonds is 3. The number of allylic oxidation sites excluding steroid dienone is 1. The highest BCUT2D eigenvalue weighted by Gasteiger charge is 2.03. The fraction of sp³-hybridized carbons (Fsp3) is 0.500. The SMILES string of the molecule is C=CCNC(=O)OC=C=C1CCCCC1. The molecule has 1 amide bonds. The van der Waals surface area contributed by atoms with Gasteiger partial charge in [-0.2, -0.15) is 0 Å². The summed E-state index contributed by atoms with van der Waals surface area (Å²) in [6, 6.07) is 0. The predicted octanol–water partition coefficient (Wildman–Crippen LogP) is 2.90. The molecule has 0 aromatic carbocycles. The minimum absolute atomic E-state index is 0.420. The molecule has 0 bridgehead atoms. The molecule has 15 heavy (non-hydrogen) atoms. The van der Waals surface area contributed by atoms with Crippen molar-refractivity contribution >= 4 is 6.09 Å². The van der Waals surface area contributed by atoms with Crippen LogP contribution in [0.1, 0.15) is 32.1 Å². The topological polar surface area (TPSA) is 38.3 Å². The summed E-state index contributed by atoms with van der Waals surface area (Å²) >= 11 is 0. The monoisotopic (exact) mass is 207 g/mol. The average molecular weight is 207 g/mol. The molecule has 3 nitrogen and oxygen atoms in total. The van der Waals surface area contributed by atoms with E-state index in [1.165, 1.54) is 31.1 Å². The van der Waals surface area contributed by atoms with Crippen molar-refractivity contribution in [1.82, 2.24) is 5.32 Å². The molecule has 0 aliphatic heterocycles. The normalized spacial score (nSPS) is 15.1. The lowest BCUT2D eigenvalue weighted by Gasteiger charge is -2.10. The second-order valence-electron chi connectivity index (χ2n) is 3.50. The van der Waals surface area contributed by atoms with Crippen LogP contribution in [0.15, 0.2) is 30.2 Å². The van der Waals surface area contributed by atoms with Crippen LogP contribution in [0.25, 0.3) is 0 Å². The third-order valence-electron chi connectivity index (χ3n) is 2.28. The Balaban J connectivity index is 2.30. The third-order valence-corrected chi connectivity index (χ3v) is 2.28. The molecule has 1 saturated carbocycles. The molecule has 0 aromatic rings. The van der Waals surface area contributed by atoms with Gasteiger partial charge in [0.05, 0.1) is 0 Å². The highest BCUT2D eigenvalue weighted by molar-refractivity contribution is 5.67. The van der Waals surface area contributed by atoms with Crippen LogP contribution in [-0.2, 0) is 4.74 Å². The molecule has 1 fully saturated rings. The molecule has 1 aliphatic rings. The van der Waals surface area contributed by atoms with Crippen LogP contribution in [0, 0.1) is 0 Å². The van der Waals surface area contributed by atoms with E-state index in [0.29, 0.717) is 6.54 Å². The Labute approximate surface area is 90.5 Å². The summed E-state index contributed by atoms with van der Waals surface area (Å²) in [6.45, 7) is 3.91. The van der Waals surface area contributed by atoms with Crippen LogP contribution >= 0.6 is 0 Å². The Morgan fingerprint density at radius 3 is 2.87 bits per heavy atom. The maximum Gasteiger partial charge on any atom is 0.412 e. The fourth-order valence-corrected chi connectivity index (χ4v) is 1.49. The number of alkyl carbamates (subject to hydrolysis) is 1. The Hall–Kier alpha value is -1.47. The van der Waals surface area contributed by atoms with Crippen molar-refractivity contribution in [3.8, 4) is 0 Å². The van der Waals surface area contributed by atoms with Gasteiger partial charge < -0.3 is 10.1 Å². The Bertz CT molecular complexity index is 280. The molecule has 82 valence electrons. The molecule has 0 saturated heterocycles. The third kappa shape index (κ3) is 5.08. The standard InChI is InChI=1S/C12H17NO2/c1-2-9-13-12(14)15-10-8-11-6-4-3-5-7-11/h2,10H,1,3-7,9H2,(H,13,14). The lowest BCUT2D eigenvalue weighted by Crippen LogP contribution is -2.22. The van der Waals surface area contributed by atoms with E-state index in [1.54, 1.807) is 6.08 Å². The number of amides is 1. The summed E-state index contributed by atoms with van der Waals surface area (Å²) in [5.41, 5.74) is 4.26. The van der Waals surface area contributed by atoms with Gasteiger partial charge in [0.25, 0.3) is 0 Å².